The van der Waals surface area contributed by atoms with Gasteiger partial charge in [0.2, 0.25) is 0 Å². The number of fused-ring (bicyclic) bond motifs is 1. The standard InChI is InChI=1S/C19H24N4O/c1-5-19(3,24-4)12-20-17-15-11-13(2)21-18(15)23-16(22-17)14-9-7-6-8-10-14/h6-11H,5,12H2,1-4H3,(H2,20,21,22,23). The number of anilines is 1. The van der Waals surface area contributed by atoms with E-state index in [1.807, 2.05) is 37.3 Å². The van der Waals surface area contributed by atoms with Gasteiger partial charge in [-0.25, -0.2) is 9.97 Å². The Morgan fingerprint density at radius 2 is 1.96 bits per heavy atom. The van der Waals surface area contributed by atoms with Crippen LogP contribution in [-0.2, 0) is 4.74 Å². The lowest BCUT2D eigenvalue weighted by Crippen LogP contribution is -2.35. The van der Waals surface area contributed by atoms with E-state index < -0.39 is 0 Å². The van der Waals surface area contributed by atoms with Crippen LogP contribution in [0.15, 0.2) is 36.4 Å². The molecule has 2 heterocycles. The number of H-pyrrole nitrogens is 1. The maximum absolute atomic E-state index is 5.63. The van der Waals surface area contributed by atoms with Crippen LogP contribution in [0.5, 0.6) is 0 Å². The summed E-state index contributed by atoms with van der Waals surface area (Å²) in [5.74, 6) is 1.54. The molecule has 1 unspecified atom stereocenters. The first-order valence-electron chi connectivity index (χ1n) is 8.26. The van der Waals surface area contributed by atoms with Crippen LogP contribution in [0.2, 0.25) is 0 Å². The topological polar surface area (TPSA) is 62.8 Å². The van der Waals surface area contributed by atoms with Gasteiger partial charge in [-0.3, -0.25) is 0 Å². The maximum atomic E-state index is 5.63. The Labute approximate surface area is 142 Å². The van der Waals surface area contributed by atoms with Gasteiger partial charge in [0.05, 0.1) is 11.0 Å². The van der Waals surface area contributed by atoms with Crippen molar-refractivity contribution in [2.75, 3.05) is 19.0 Å². The normalized spacial score (nSPS) is 13.8. The molecule has 0 spiro atoms. The van der Waals surface area contributed by atoms with Crippen molar-refractivity contribution < 1.29 is 4.74 Å². The number of aromatic amines is 1. The highest BCUT2D eigenvalue weighted by Crippen LogP contribution is 2.26. The molecular formula is C19H24N4O. The van der Waals surface area contributed by atoms with Crippen LogP contribution in [0.3, 0.4) is 0 Å². The number of nitrogens with one attached hydrogen (secondary N) is 2. The second-order valence-electron chi connectivity index (χ2n) is 6.34. The van der Waals surface area contributed by atoms with Crippen LogP contribution in [0.25, 0.3) is 22.4 Å². The molecule has 0 amide bonds. The van der Waals surface area contributed by atoms with E-state index in [0.29, 0.717) is 12.4 Å². The molecule has 1 aromatic carbocycles. The van der Waals surface area contributed by atoms with Crippen LogP contribution in [0.4, 0.5) is 5.82 Å². The van der Waals surface area contributed by atoms with E-state index in [4.69, 9.17) is 9.72 Å². The summed E-state index contributed by atoms with van der Waals surface area (Å²) in [7, 11) is 1.75. The zero-order valence-corrected chi connectivity index (χ0v) is 14.7. The van der Waals surface area contributed by atoms with E-state index in [1.165, 1.54) is 0 Å². The van der Waals surface area contributed by atoms with E-state index >= 15 is 0 Å². The molecule has 2 aromatic heterocycles. The van der Waals surface area contributed by atoms with Crippen molar-refractivity contribution in [1.82, 2.24) is 15.0 Å². The molecule has 0 saturated carbocycles. The molecule has 0 saturated heterocycles. The van der Waals surface area contributed by atoms with Gasteiger partial charge in [-0.05, 0) is 26.3 Å². The average Bonchev–Trinajstić information content (AvgIpc) is 3.00. The van der Waals surface area contributed by atoms with E-state index in [0.717, 1.165) is 34.5 Å². The van der Waals surface area contributed by atoms with Gasteiger partial charge in [0, 0.05) is 24.9 Å². The highest BCUT2D eigenvalue weighted by atomic mass is 16.5. The zero-order valence-electron chi connectivity index (χ0n) is 14.7. The first kappa shape index (κ1) is 16.5. The number of methoxy groups -OCH3 is 1. The van der Waals surface area contributed by atoms with Crippen LogP contribution in [-0.4, -0.2) is 34.2 Å². The predicted molar refractivity (Wildman–Crippen MR) is 98.3 cm³/mol. The highest BCUT2D eigenvalue weighted by Gasteiger charge is 2.22. The third-order valence-electron chi connectivity index (χ3n) is 4.52. The fraction of sp³-hybridized carbons (Fsp3) is 0.368. The molecular weight excluding hydrogens is 300 g/mol. The summed E-state index contributed by atoms with van der Waals surface area (Å²) in [6.45, 7) is 6.93. The third-order valence-corrected chi connectivity index (χ3v) is 4.52. The van der Waals surface area contributed by atoms with E-state index in [-0.39, 0.29) is 5.60 Å². The molecule has 3 aromatic rings. The van der Waals surface area contributed by atoms with Gasteiger partial charge >= 0.3 is 0 Å². The minimum absolute atomic E-state index is 0.227. The Balaban J connectivity index is 2.02. The van der Waals surface area contributed by atoms with Gasteiger partial charge < -0.3 is 15.0 Å². The summed E-state index contributed by atoms with van der Waals surface area (Å²) < 4.78 is 5.63. The van der Waals surface area contributed by atoms with Crippen molar-refractivity contribution in [2.45, 2.75) is 32.8 Å². The molecule has 126 valence electrons. The van der Waals surface area contributed by atoms with E-state index in [1.54, 1.807) is 7.11 Å². The number of rotatable bonds is 6. The molecule has 1 atom stereocenters. The highest BCUT2D eigenvalue weighted by molar-refractivity contribution is 5.89. The fourth-order valence-corrected chi connectivity index (χ4v) is 2.60. The number of benzene rings is 1. The molecule has 2 N–H and O–H groups in total. The van der Waals surface area contributed by atoms with Crippen LogP contribution in [0.1, 0.15) is 26.0 Å². The summed E-state index contributed by atoms with van der Waals surface area (Å²) in [5, 5.41) is 4.46. The predicted octanol–water partition coefficient (Wildman–Crippen LogP) is 4.16. The minimum Gasteiger partial charge on any atom is -0.377 e. The molecule has 0 aliphatic heterocycles. The molecule has 0 radical (unpaired) electrons. The first-order chi connectivity index (χ1) is 11.5. The largest absolute Gasteiger partial charge is 0.377 e. The number of nitrogens with zero attached hydrogens (tertiary/aromatic N) is 2. The van der Waals surface area contributed by atoms with E-state index in [2.05, 4.69) is 35.2 Å². The summed E-state index contributed by atoms with van der Waals surface area (Å²) in [5.41, 5.74) is 2.69. The summed E-state index contributed by atoms with van der Waals surface area (Å²) in [4.78, 5) is 12.7. The molecule has 0 aliphatic rings. The van der Waals surface area contributed by atoms with Crippen molar-refractivity contribution in [3.63, 3.8) is 0 Å². The Morgan fingerprint density at radius 3 is 2.62 bits per heavy atom. The van der Waals surface area contributed by atoms with Crippen molar-refractivity contribution >= 4 is 16.9 Å². The minimum atomic E-state index is -0.227. The van der Waals surface area contributed by atoms with Gasteiger partial charge in [0.15, 0.2) is 5.82 Å². The number of aromatic nitrogens is 3. The lowest BCUT2D eigenvalue weighted by atomic mass is 10.0. The monoisotopic (exact) mass is 324 g/mol. The summed E-state index contributed by atoms with van der Waals surface area (Å²) in [6, 6.07) is 12.1. The Bertz CT molecular complexity index is 822. The SMILES string of the molecule is CCC(C)(CNc1nc(-c2ccccc2)nc2[nH]c(C)cc12)OC. The number of aryl methyl sites for hydroxylation is 1. The van der Waals surface area contributed by atoms with Gasteiger partial charge in [-0.15, -0.1) is 0 Å². The first-order valence-corrected chi connectivity index (χ1v) is 8.26. The lowest BCUT2D eigenvalue weighted by Gasteiger charge is -2.27. The number of hydrogen-bond donors (Lipinski definition) is 2. The Morgan fingerprint density at radius 1 is 1.21 bits per heavy atom. The smallest absolute Gasteiger partial charge is 0.163 e. The molecule has 24 heavy (non-hydrogen) atoms. The van der Waals surface area contributed by atoms with Gasteiger partial charge in [-0.2, -0.15) is 0 Å². The van der Waals surface area contributed by atoms with Crippen molar-refractivity contribution in [2.24, 2.45) is 0 Å². The van der Waals surface area contributed by atoms with Gasteiger partial charge in [0.1, 0.15) is 11.5 Å². The third kappa shape index (κ3) is 3.26. The van der Waals surface area contributed by atoms with E-state index in [9.17, 15) is 0 Å². The van der Waals surface area contributed by atoms with Crippen molar-refractivity contribution in [3.05, 3.63) is 42.1 Å². The van der Waals surface area contributed by atoms with Crippen molar-refractivity contribution in [3.8, 4) is 11.4 Å². The lowest BCUT2D eigenvalue weighted by molar-refractivity contribution is 0.0144. The van der Waals surface area contributed by atoms with Gasteiger partial charge in [0.25, 0.3) is 0 Å². The van der Waals surface area contributed by atoms with Crippen molar-refractivity contribution in [1.29, 1.82) is 0 Å². The molecule has 0 bridgehead atoms. The quantitative estimate of drug-likeness (QED) is 0.714. The Hall–Kier alpha value is -2.40. The van der Waals surface area contributed by atoms with Crippen LogP contribution in [0, 0.1) is 6.92 Å². The average molecular weight is 324 g/mol. The summed E-state index contributed by atoms with van der Waals surface area (Å²) >= 11 is 0. The molecule has 5 heteroatoms. The second-order valence-corrected chi connectivity index (χ2v) is 6.34. The number of hydrogen-bond acceptors (Lipinski definition) is 4. The fourth-order valence-electron chi connectivity index (χ4n) is 2.60. The van der Waals surface area contributed by atoms with Crippen LogP contribution >= 0.6 is 0 Å². The molecule has 0 aliphatic carbocycles. The Kier molecular flexibility index (Phi) is 4.53. The summed E-state index contributed by atoms with van der Waals surface area (Å²) in [6.07, 6.45) is 0.919. The van der Waals surface area contributed by atoms with Gasteiger partial charge in [-0.1, -0.05) is 37.3 Å². The zero-order chi connectivity index (χ0) is 17.2. The molecule has 5 nitrogen and oxygen atoms in total. The number of ether oxygens (including phenoxy) is 1. The maximum Gasteiger partial charge on any atom is 0.163 e. The second kappa shape index (κ2) is 6.61. The molecule has 3 rings (SSSR count). The van der Waals surface area contributed by atoms with Crippen LogP contribution < -0.4 is 5.32 Å². The molecule has 0 fully saturated rings.